The number of benzene rings is 2. The van der Waals surface area contributed by atoms with Gasteiger partial charge in [-0.1, -0.05) is 36.4 Å². The van der Waals surface area contributed by atoms with Gasteiger partial charge in [-0.3, -0.25) is 4.79 Å². The molecule has 0 amide bonds. The van der Waals surface area contributed by atoms with E-state index in [1.165, 1.54) is 6.33 Å². The van der Waals surface area contributed by atoms with E-state index < -0.39 is 0 Å². The maximum Gasteiger partial charge on any atom is 0.226 e. The molecule has 1 aromatic heterocycles. The number of fused-ring (bicyclic) bond motifs is 2. The van der Waals surface area contributed by atoms with Crippen molar-refractivity contribution in [2.45, 2.75) is 25.3 Å². The first-order chi connectivity index (χ1) is 15.1. The molecule has 7 heteroatoms. The molecular formula is C24H24N4O3. The van der Waals surface area contributed by atoms with E-state index in [9.17, 15) is 4.79 Å². The van der Waals surface area contributed by atoms with Crippen LogP contribution in [0.5, 0.6) is 11.5 Å². The number of Topliss-reactive ketones (excluding diaryl/α,β-unsaturated/α-hetero) is 1. The van der Waals surface area contributed by atoms with Crippen molar-refractivity contribution in [2.24, 2.45) is 5.92 Å². The first-order valence-electron chi connectivity index (χ1n) is 10.3. The minimum atomic E-state index is -0.327. The van der Waals surface area contributed by atoms with Crippen molar-refractivity contribution in [3.63, 3.8) is 0 Å². The Labute approximate surface area is 180 Å². The number of hydrogen-bond donors (Lipinski definition) is 1. The van der Waals surface area contributed by atoms with Gasteiger partial charge in [0.15, 0.2) is 11.5 Å². The third-order valence-electron chi connectivity index (χ3n) is 6.24. The van der Waals surface area contributed by atoms with Crippen LogP contribution in [0.25, 0.3) is 0 Å². The highest BCUT2D eigenvalue weighted by Crippen LogP contribution is 2.45. The largest absolute Gasteiger partial charge is 0.493 e. The third-order valence-corrected chi connectivity index (χ3v) is 6.24. The van der Waals surface area contributed by atoms with Gasteiger partial charge in [0, 0.05) is 18.0 Å². The highest BCUT2D eigenvalue weighted by Gasteiger charge is 2.43. The maximum absolute atomic E-state index is 13.5. The Morgan fingerprint density at radius 3 is 2.68 bits per heavy atom. The fourth-order valence-electron chi connectivity index (χ4n) is 4.70. The Hall–Kier alpha value is -3.61. The zero-order valence-corrected chi connectivity index (χ0v) is 17.7. The molecule has 0 unspecified atom stereocenters. The molecule has 0 saturated carbocycles. The van der Waals surface area contributed by atoms with Crippen LogP contribution in [-0.4, -0.2) is 34.8 Å². The first-order valence-corrected chi connectivity index (χ1v) is 10.3. The molecule has 3 atom stereocenters. The van der Waals surface area contributed by atoms with Crippen molar-refractivity contribution in [3.8, 4) is 11.5 Å². The lowest BCUT2D eigenvalue weighted by Gasteiger charge is -2.38. The van der Waals surface area contributed by atoms with Gasteiger partial charge in [0.1, 0.15) is 12.1 Å². The van der Waals surface area contributed by atoms with Crippen LogP contribution in [0.3, 0.4) is 0 Å². The van der Waals surface area contributed by atoms with Gasteiger partial charge >= 0.3 is 0 Å². The summed E-state index contributed by atoms with van der Waals surface area (Å²) in [5, 5.41) is 7.79. The van der Waals surface area contributed by atoms with Crippen LogP contribution in [0.15, 0.2) is 60.6 Å². The van der Waals surface area contributed by atoms with Gasteiger partial charge in [0.25, 0.3) is 0 Å². The van der Waals surface area contributed by atoms with E-state index in [0.29, 0.717) is 23.9 Å². The summed E-state index contributed by atoms with van der Waals surface area (Å²) in [4.78, 5) is 17.9. The number of nitrogens with one attached hydrogen (secondary N) is 1. The molecule has 31 heavy (non-hydrogen) atoms. The van der Waals surface area contributed by atoms with Crippen LogP contribution >= 0.6 is 0 Å². The zero-order chi connectivity index (χ0) is 21.5. The van der Waals surface area contributed by atoms with Crippen molar-refractivity contribution < 1.29 is 14.3 Å². The molecule has 7 nitrogen and oxygen atoms in total. The smallest absolute Gasteiger partial charge is 0.226 e. The highest BCUT2D eigenvalue weighted by molar-refractivity contribution is 5.88. The Kier molecular flexibility index (Phi) is 4.73. The van der Waals surface area contributed by atoms with Crippen LogP contribution in [0.2, 0.25) is 0 Å². The molecule has 2 heterocycles. The van der Waals surface area contributed by atoms with E-state index in [1.54, 1.807) is 14.2 Å². The fraction of sp³-hybridized carbons (Fsp3) is 0.292. The molecule has 2 aliphatic rings. The van der Waals surface area contributed by atoms with Crippen molar-refractivity contribution in [1.82, 2.24) is 14.8 Å². The Bertz CT molecular complexity index is 1180. The van der Waals surface area contributed by atoms with Gasteiger partial charge in [-0.2, -0.15) is 10.1 Å². The summed E-state index contributed by atoms with van der Waals surface area (Å²) in [6, 6.07) is 13.7. The normalized spacial score (nSPS) is 22.1. The predicted octanol–water partition coefficient (Wildman–Crippen LogP) is 3.88. The lowest BCUT2D eigenvalue weighted by molar-refractivity contribution is -0.123. The molecule has 0 saturated heterocycles. The SMILES string of the molecule is COc1ccc([C@H]2C=C3Nc4ncnn4[C@@H](c4ccccc4C)[C@@H]3C(=O)C2)cc1OC. The molecule has 0 spiro atoms. The van der Waals surface area contributed by atoms with Gasteiger partial charge in [-0.15, -0.1) is 0 Å². The highest BCUT2D eigenvalue weighted by atomic mass is 16.5. The second-order valence-corrected chi connectivity index (χ2v) is 7.95. The van der Waals surface area contributed by atoms with Crippen LogP contribution in [0.4, 0.5) is 5.95 Å². The molecule has 0 radical (unpaired) electrons. The maximum atomic E-state index is 13.5. The van der Waals surface area contributed by atoms with Crippen LogP contribution in [0, 0.1) is 12.8 Å². The Morgan fingerprint density at radius 2 is 1.90 bits per heavy atom. The summed E-state index contributed by atoms with van der Waals surface area (Å²) in [6.07, 6.45) is 4.09. The molecule has 2 aromatic carbocycles. The topological polar surface area (TPSA) is 78.3 Å². The number of ketones is 1. The molecule has 3 aromatic rings. The number of methoxy groups -OCH3 is 2. The summed E-state index contributed by atoms with van der Waals surface area (Å²) in [7, 11) is 3.23. The minimum Gasteiger partial charge on any atom is -0.493 e. The molecular weight excluding hydrogens is 392 g/mol. The number of aromatic nitrogens is 3. The summed E-state index contributed by atoms with van der Waals surface area (Å²) in [5.74, 6) is 1.77. The number of nitrogens with zero attached hydrogens (tertiary/aromatic N) is 3. The quantitative estimate of drug-likeness (QED) is 0.696. The summed E-state index contributed by atoms with van der Waals surface area (Å²) >= 11 is 0. The van der Waals surface area contributed by atoms with Crippen molar-refractivity contribution >= 4 is 11.7 Å². The molecule has 1 N–H and O–H groups in total. The van der Waals surface area contributed by atoms with E-state index in [4.69, 9.17) is 9.47 Å². The zero-order valence-electron chi connectivity index (χ0n) is 17.7. The van der Waals surface area contributed by atoms with Crippen molar-refractivity contribution in [1.29, 1.82) is 0 Å². The number of carbonyl (C=O) groups is 1. The van der Waals surface area contributed by atoms with E-state index >= 15 is 0 Å². The van der Waals surface area contributed by atoms with Gasteiger partial charge in [-0.05, 0) is 35.7 Å². The van der Waals surface area contributed by atoms with Gasteiger partial charge in [0.05, 0.1) is 26.2 Å². The summed E-state index contributed by atoms with van der Waals surface area (Å²) < 4.78 is 12.6. The van der Waals surface area contributed by atoms with E-state index in [0.717, 1.165) is 22.4 Å². The molecule has 0 fully saturated rings. The summed E-state index contributed by atoms with van der Waals surface area (Å²) in [6.45, 7) is 2.07. The van der Waals surface area contributed by atoms with Gasteiger partial charge in [-0.25, -0.2) is 4.68 Å². The lowest BCUT2D eigenvalue weighted by Crippen LogP contribution is -2.40. The number of rotatable bonds is 4. The number of allylic oxidation sites excluding steroid dienone is 2. The van der Waals surface area contributed by atoms with E-state index in [2.05, 4.69) is 40.5 Å². The molecule has 5 rings (SSSR count). The van der Waals surface area contributed by atoms with Gasteiger partial charge < -0.3 is 14.8 Å². The number of hydrogen-bond acceptors (Lipinski definition) is 6. The number of ether oxygens (including phenoxy) is 2. The average Bonchev–Trinajstić information content (AvgIpc) is 3.26. The minimum absolute atomic E-state index is 0.0574. The number of carbonyl (C=O) groups excluding carboxylic acids is 1. The van der Waals surface area contributed by atoms with Crippen LogP contribution < -0.4 is 14.8 Å². The standard InChI is InChI=1S/C24H24N4O3/c1-14-6-4-5-7-17(14)23-22-18(27-24-25-13-26-28(23)24)10-16(11-19(22)29)15-8-9-20(30-2)21(12-15)31-3/h4-10,12-13,16,22-23H,11H2,1-3H3,(H,25,26,27)/t16-,22-,23-/m0/s1. The molecule has 1 aliphatic heterocycles. The first kappa shape index (κ1) is 19.4. The molecule has 0 bridgehead atoms. The third kappa shape index (κ3) is 3.17. The molecule has 158 valence electrons. The molecule has 1 aliphatic carbocycles. The Morgan fingerprint density at radius 1 is 1.10 bits per heavy atom. The lowest BCUT2D eigenvalue weighted by atomic mass is 9.75. The Balaban J connectivity index is 1.59. The van der Waals surface area contributed by atoms with Crippen molar-refractivity contribution in [3.05, 3.63) is 77.3 Å². The second-order valence-electron chi connectivity index (χ2n) is 7.95. The van der Waals surface area contributed by atoms with Gasteiger partial charge in [0.2, 0.25) is 5.95 Å². The van der Waals surface area contributed by atoms with Crippen molar-refractivity contribution in [2.75, 3.05) is 19.5 Å². The summed E-state index contributed by atoms with van der Waals surface area (Å²) in [5.41, 5.74) is 4.11. The van der Waals surface area contributed by atoms with Crippen LogP contribution in [-0.2, 0) is 4.79 Å². The monoisotopic (exact) mass is 416 g/mol. The van der Waals surface area contributed by atoms with E-state index in [1.807, 2.05) is 35.0 Å². The second kappa shape index (κ2) is 7.58. The number of anilines is 1. The van der Waals surface area contributed by atoms with E-state index in [-0.39, 0.29) is 23.7 Å². The predicted molar refractivity (Wildman–Crippen MR) is 116 cm³/mol. The average molecular weight is 416 g/mol. The number of aryl methyl sites for hydroxylation is 1. The fourth-order valence-corrected chi connectivity index (χ4v) is 4.70. The van der Waals surface area contributed by atoms with Crippen LogP contribution in [0.1, 0.15) is 35.1 Å².